The van der Waals surface area contributed by atoms with Gasteiger partial charge in [-0.15, -0.1) is 0 Å². The van der Waals surface area contributed by atoms with Crippen LogP contribution in [0, 0.1) is 0 Å². The number of primary amides is 1. The Kier molecular flexibility index (Phi) is 6.05. The molecule has 8 heteroatoms. The summed E-state index contributed by atoms with van der Waals surface area (Å²) >= 11 is 0. The van der Waals surface area contributed by atoms with Crippen molar-refractivity contribution in [3.8, 4) is 0 Å². The van der Waals surface area contributed by atoms with Crippen LogP contribution >= 0.6 is 0 Å². The second-order valence-electron chi connectivity index (χ2n) is 5.10. The number of carbonyl (C=O) groups excluding carboxylic acids is 4. The second-order valence-corrected chi connectivity index (χ2v) is 5.10. The Morgan fingerprint density at radius 1 is 0.923 bits per heavy atom. The van der Waals surface area contributed by atoms with Gasteiger partial charge in [-0.3, -0.25) is 9.59 Å². The topological polar surface area (TPSA) is 125 Å². The molecular weight excluding hydrogens is 340 g/mol. The van der Waals surface area contributed by atoms with Gasteiger partial charge in [0, 0.05) is 5.56 Å². The molecule has 0 aromatic heterocycles. The predicted octanol–water partition coefficient (Wildman–Crippen LogP) is 1.37. The molecule has 0 spiro atoms. The molecule has 26 heavy (non-hydrogen) atoms. The SMILES string of the molecule is COC(=O)c1ccccc1NC(=O)COC(=O)c1ccc(C(N)=O)cc1. The number of rotatable bonds is 6. The number of benzene rings is 2. The molecule has 2 amide bonds. The fraction of sp³-hybridized carbons (Fsp3) is 0.111. The number of hydrogen-bond acceptors (Lipinski definition) is 6. The first kappa shape index (κ1) is 18.7. The van der Waals surface area contributed by atoms with Crippen LogP contribution in [-0.2, 0) is 14.3 Å². The summed E-state index contributed by atoms with van der Waals surface area (Å²) in [4.78, 5) is 46.5. The molecule has 0 aliphatic carbocycles. The van der Waals surface area contributed by atoms with Crippen molar-refractivity contribution in [1.29, 1.82) is 0 Å². The highest BCUT2D eigenvalue weighted by Crippen LogP contribution is 2.16. The Morgan fingerprint density at radius 2 is 1.54 bits per heavy atom. The molecule has 0 fully saturated rings. The van der Waals surface area contributed by atoms with Crippen molar-refractivity contribution in [3.05, 3.63) is 65.2 Å². The van der Waals surface area contributed by atoms with Crippen molar-refractivity contribution in [2.45, 2.75) is 0 Å². The summed E-state index contributed by atoms with van der Waals surface area (Å²) in [6.45, 7) is -0.550. The zero-order chi connectivity index (χ0) is 19.1. The van der Waals surface area contributed by atoms with E-state index in [4.69, 9.17) is 10.5 Å². The van der Waals surface area contributed by atoms with E-state index in [1.807, 2.05) is 0 Å². The maximum atomic E-state index is 12.0. The van der Waals surface area contributed by atoms with E-state index in [1.165, 1.54) is 43.5 Å². The minimum absolute atomic E-state index is 0.165. The van der Waals surface area contributed by atoms with Gasteiger partial charge in [0.05, 0.1) is 23.9 Å². The van der Waals surface area contributed by atoms with Crippen molar-refractivity contribution in [2.24, 2.45) is 5.73 Å². The van der Waals surface area contributed by atoms with Crippen molar-refractivity contribution < 1.29 is 28.7 Å². The molecule has 134 valence electrons. The van der Waals surface area contributed by atoms with E-state index in [0.29, 0.717) is 0 Å². The van der Waals surface area contributed by atoms with Crippen LogP contribution in [0.3, 0.4) is 0 Å². The lowest BCUT2D eigenvalue weighted by molar-refractivity contribution is -0.119. The zero-order valence-corrected chi connectivity index (χ0v) is 13.9. The molecule has 2 rings (SSSR count). The van der Waals surface area contributed by atoms with Gasteiger partial charge in [-0.2, -0.15) is 0 Å². The average Bonchev–Trinajstić information content (AvgIpc) is 2.66. The number of carbonyl (C=O) groups is 4. The lowest BCUT2D eigenvalue weighted by Gasteiger charge is -2.10. The number of nitrogens with two attached hydrogens (primary N) is 1. The van der Waals surface area contributed by atoms with Crippen molar-refractivity contribution in [1.82, 2.24) is 0 Å². The van der Waals surface area contributed by atoms with Gasteiger partial charge in [0.1, 0.15) is 0 Å². The second kappa shape index (κ2) is 8.43. The van der Waals surface area contributed by atoms with Gasteiger partial charge in [-0.25, -0.2) is 9.59 Å². The molecule has 0 unspecified atom stereocenters. The quantitative estimate of drug-likeness (QED) is 0.753. The van der Waals surface area contributed by atoms with Gasteiger partial charge in [-0.1, -0.05) is 12.1 Å². The van der Waals surface area contributed by atoms with Gasteiger partial charge in [0.25, 0.3) is 5.91 Å². The smallest absolute Gasteiger partial charge is 0.339 e. The Bertz CT molecular complexity index is 845. The maximum absolute atomic E-state index is 12.0. The van der Waals surface area contributed by atoms with Crippen LogP contribution in [0.5, 0.6) is 0 Å². The summed E-state index contributed by atoms with van der Waals surface area (Å²) in [5.74, 6) is -2.58. The maximum Gasteiger partial charge on any atom is 0.339 e. The highest BCUT2D eigenvalue weighted by molar-refractivity contribution is 6.02. The Hall–Kier alpha value is -3.68. The minimum atomic E-state index is -0.738. The summed E-state index contributed by atoms with van der Waals surface area (Å²) in [5, 5.41) is 2.48. The van der Waals surface area contributed by atoms with Crippen LogP contribution in [-0.4, -0.2) is 37.5 Å². The van der Waals surface area contributed by atoms with Crippen molar-refractivity contribution >= 4 is 29.4 Å². The number of ether oxygens (including phenoxy) is 2. The number of para-hydroxylation sites is 1. The lowest BCUT2D eigenvalue weighted by atomic mass is 10.1. The molecule has 0 aliphatic heterocycles. The fourth-order valence-corrected chi connectivity index (χ4v) is 2.05. The van der Waals surface area contributed by atoms with Gasteiger partial charge in [0.2, 0.25) is 5.91 Å². The average molecular weight is 356 g/mol. The largest absolute Gasteiger partial charge is 0.465 e. The summed E-state index contributed by atoms with van der Waals surface area (Å²) < 4.78 is 9.54. The molecule has 0 radical (unpaired) electrons. The number of hydrogen-bond donors (Lipinski definition) is 2. The van der Waals surface area contributed by atoms with E-state index in [-0.39, 0.29) is 22.4 Å². The van der Waals surface area contributed by atoms with Crippen LogP contribution < -0.4 is 11.1 Å². The number of anilines is 1. The van der Waals surface area contributed by atoms with E-state index in [0.717, 1.165) is 0 Å². The minimum Gasteiger partial charge on any atom is -0.465 e. The first-order valence-electron chi connectivity index (χ1n) is 7.46. The van der Waals surface area contributed by atoms with Gasteiger partial charge in [0.15, 0.2) is 6.61 Å². The Balaban J connectivity index is 1.96. The third-order valence-electron chi connectivity index (χ3n) is 3.35. The van der Waals surface area contributed by atoms with Gasteiger partial charge >= 0.3 is 11.9 Å². The van der Waals surface area contributed by atoms with Crippen LogP contribution in [0.25, 0.3) is 0 Å². The number of amides is 2. The van der Waals surface area contributed by atoms with Gasteiger partial charge in [-0.05, 0) is 36.4 Å². The molecule has 8 nitrogen and oxygen atoms in total. The van der Waals surface area contributed by atoms with E-state index < -0.39 is 30.4 Å². The molecule has 0 atom stereocenters. The first-order valence-corrected chi connectivity index (χ1v) is 7.46. The number of esters is 2. The van der Waals surface area contributed by atoms with E-state index >= 15 is 0 Å². The normalized spacial score (nSPS) is 9.88. The molecule has 0 saturated heterocycles. The fourth-order valence-electron chi connectivity index (χ4n) is 2.05. The highest BCUT2D eigenvalue weighted by atomic mass is 16.5. The first-order chi connectivity index (χ1) is 12.4. The van der Waals surface area contributed by atoms with Crippen LogP contribution in [0.2, 0.25) is 0 Å². The third-order valence-corrected chi connectivity index (χ3v) is 3.35. The molecule has 2 aromatic rings. The molecule has 0 aliphatic rings. The number of nitrogens with one attached hydrogen (secondary N) is 1. The lowest BCUT2D eigenvalue weighted by Crippen LogP contribution is -2.22. The standard InChI is InChI=1S/C18H16N2O6/c1-25-18(24)13-4-2-3-5-14(13)20-15(21)10-26-17(23)12-8-6-11(7-9-12)16(19)22/h2-9H,10H2,1H3,(H2,19,22)(H,20,21). The Labute approximate surface area is 148 Å². The van der Waals surface area contributed by atoms with Crippen LogP contribution in [0.1, 0.15) is 31.1 Å². The summed E-state index contributed by atoms with van der Waals surface area (Å²) in [5.41, 5.74) is 5.95. The van der Waals surface area contributed by atoms with Gasteiger partial charge < -0.3 is 20.5 Å². The molecule has 0 bridgehead atoms. The molecule has 0 heterocycles. The van der Waals surface area contributed by atoms with E-state index in [2.05, 4.69) is 10.1 Å². The summed E-state index contributed by atoms with van der Waals surface area (Å²) in [7, 11) is 1.23. The zero-order valence-electron chi connectivity index (χ0n) is 13.9. The highest BCUT2D eigenvalue weighted by Gasteiger charge is 2.15. The van der Waals surface area contributed by atoms with E-state index in [9.17, 15) is 19.2 Å². The predicted molar refractivity (Wildman–Crippen MR) is 91.7 cm³/mol. The van der Waals surface area contributed by atoms with Crippen LogP contribution in [0.4, 0.5) is 5.69 Å². The molecule has 0 saturated carbocycles. The molecule has 3 N–H and O–H groups in total. The van der Waals surface area contributed by atoms with Crippen LogP contribution in [0.15, 0.2) is 48.5 Å². The molecule has 2 aromatic carbocycles. The summed E-state index contributed by atoms with van der Waals surface area (Å²) in [6.07, 6.45) is 0. The number of methoxy groups -OCH3 is 1. The molecular formula is C18H16N2O6. The van der Waals surface area contributed by atoms with E-state index in [1.54, 1.807) is 12.1 Å². The third kappa shape index (κ3) is 4.67. The van der Waals surface area contributed by atoms with Crippen molar-refractivity contribution in [3.63, 3.8) is 0 Å². The monoisotopic (exact) mass is 356 g/mol. The van der Waals surface area contributed by atoms with Crippen molar-refractivity contribution in [2.75, 3.05) is 19.0 Å². The summed E-state index contributed by atoms with van der Waals surface area (Å²) in [6, 6.07) is 11.8. The Morgan fingerprint density at radius 3 is 2.15 bits per heavy atom.